The maximum absolute atomic E-state index is 13.1. The van der Waals surface area contributed by atoms with Crippen LogP contribution in [-0.4, -0.2) is 87.5 Å². The van der Waals surface area contributed by atoms with E-state index in [-0.39, 0.29) is 12.5 Å². The smallest absolute Gasteiger partial charge is 0.220 e. The summed E-state index contributed by atoms with van der Waals surface area (Å²) in [4.78, 5) is 13.1. The molecule has 0 aliphatic carbocycles. The van der Waals surface area contributed by atoms with Crippen molar-refractivity contribution in [2.75, 3.05) is 13.2 Å². The zero-order chi connectivity index (χ0) is 57.9. The molecule has 9 nitrogen and oxygen atoms in total. The van der Waals surface area contributed by atoms with Crippen molar-refractivity contribution in [2.45, 2.75) is 371 Å². The van der Waals surface area contributed by atoms with E-state index < -0.39 is 49.5 Å². The molecule has 1 heterocycles. The summed E-state index contributed by atoms with van der Waals surface area (Å²) in [6.07, 6.45) is 76.1. The van der Waals surface area contributed by atoms with Crippen LogP contribution in [0, 0.1) is 0 Å². The highest BCUT2D eigenvalue weighted by Gasteiger charge is 2.44. The number of carbonyl (C=O) groups excluding carboxylic acids is 1. The Morgan fingerprint density at radius 2 is 0.750 bits per heavy atom. The van der Waals surface area contributed by atoms with Gasteiger partial charge in [-0.05, 0) is 77.0 Å². The van der Waals surface area contributed by atoms with Crippen LogP contribution in [0.15, 0.2) is 60.8 Å². The number of nitrogens with one attached hydrogen (secondary N) is 1. The van der Waals surface area contributed by atoms with Gasteiger partial charge in [-0.3, -0.25) is 4.79 Å². The lowest BCUT2D eigenvalue weighted by Crippen LogP contribution is -2.60. The van der Waals surface area contributed by atoms with Crippen LogP contribution in [0.4, 0.5) is 0 Å². The molecule has 0 radical (unpaired) electrons. The van der Waals surface area contributed by atoms with Gasteiger partial charge in [0.15, 0.2) is 6.29 Å². The van der Waals surface area contributed by atoms with Crippen molar-refractivity contribution in [2.24, 2.45) is 0 Å². The highest BCUT2D eigenvalue weighted by Crippen LogP contribution is 2.23. The molecule has 1 fully saturated rings. The van der Waals surface area contributed by atoms with Crippen molar-refractivity contribution in [3.05, 3.63) is 60.8 Å². The Labute approximate surface area is 494 Å². The number of aliphatic hydroxyl groups is 5. The fourth-order valence-electron chi connectivity index (χ4n) is 10.9. The second-order valence-corrected chi connectivity index (χ2v) is 24.0. The third kappa shape index (κ3) is 48.3. The first-order chi connectivity index (χ1) is 39.3. The number of hydrogen-bond acceptors (Lipinski definition) is 8. The molecule has 0 aromatic heterocycles. The molecular formula is C71H131NO8. The molecule has 1 aliphatic rings. The number of hydrogen-bond donors (Lipinski definition) is 6. The molecule has 1 amide bonds. The maximum Gasteiger partial charge on any atom is 0.220 e. The zero-order valence-electron chi connectivity index (χ0n) is 52.3. The summed E-state index contributed by atoms with van der Waals surface area (Å²) in [6, 6.07) is -0.832. The SMILES string of the molecule is CCCCCCC/C=C\C/C=C\CCCCCCCCCCCCCCCCCC(=O)NC(COC1OC(CO)C(O)C(O)C1O)C(O)/C=C/CC/C=C/CC/C=C/CCCCCCCCCCCCCCCCCCCCCC. The van der Waals surface area contributed by atoms with Gasteiger partial charge in [-0.25, -0.2) is 0 Å². The monoisotopic (exact) mass is 1130 g/mol. The van der Waals surface area contributed by atoms with Gasteiger partial charge in [-0.2, -0.15) is 0 Å². The standard InChI is InChI=1S/C71H131NO8/c1-3-5-7-9-11-13-15-17-19-21-23-25-27-29-31-32-33-35-36-38-40-42-44-46-48-50-52-54-56-58-60-65(74)64(63-79-71-70(78)69(77)68(76)66(62-73)80-71)72-67(75)61-59-57-55-53-51-49-47-45-43-41-39-37-34-30-28-26-24-22-20-18-16-14-12-10-8-6-4-2/h16,18,22,24,42,44,50,52,58,60,64-66,68-71,73-74,76-78H,3-15,17,19-21,23,25-41,43,45-49,51,53-57,59,61-63H2,1-2H3,(H,72,75)/b18-16-,24-22-,44-42+,52-50+,60-58+. The van der Waals surface area contributed by atoms with E-state index in [0.717, 1.165) is 51.4 Å². The van der Waals surface area contributed by atoms with E-state index in [2.05, 4.69) is 67.8 Å². The summed E-state index contributed by atoms with van der Waals surface area (Å²) < 4.78 is 11.3. The number of carbonyl (C=O) groups is 1. The van der Waals surface area contributed by atoms with Gasteiger partial charge in [0, 0.05) is 6.42 Å². The van der Waals surface area contributed by atoms with Gasteiger partial charge in [0.25, 0.3) is 0 Å². The quantitative estimate of drug-likeness (QED) is 0.0261. The minimum absolute atomic E-state index is 0.188. The topological polar surface area (TPSA) is 149 Å². The first kappa shape index (κ1) is 75.9. The minimum atomic E-state index is -1.58. The van der Waals surface area contributed by atoms with Crippen LogP contribution in [0.25, 0.3) is 0 Å². The summed E-state index contributed by atoms with van der Waals surface area (Å²) in [5.41, 5.74) is 0. The second-order valence-electron chi connectivity index (χ2n) is 24.0. The number of rotatable bonds is 60. The largest absolute Gasteiger partial charge is 0.394 e. The highest BCUT2D eigenvalue weighted by atomic mass is 16.7. The number of amides is 1. The van der Waals surface area contributed by atoms with E-state index in [9.17, 15) is 30.3 Å². The van der Waals surface area contributed by atoms with E-state index in [1.165, 1.54) is 257 Å². The predicted octanol–water partition coefficient (Wildman–Crippen LogP) is 18.6. The van der Waals surface area contributed by atoms with Crippen LogP contribution in [0.2, 0.25) is 0 Å². The van der Waals surface area contributed by atoms with Crippen LogP contribution >= 0.6 is 0 Å². The molecule has 7 unspecified atom stereocenters. The van der Waals surface area contributed by atoms with E-state index in [4.69, 9.17) is 9.47 Å². The number of aliphatic hydroxyl groups excluding tert-OH is 5. The third-order valence-corrected chi connectivity index (χ3v) is 16.3. The third-order valence-electron chi connectivity index (χ3n) is 16.3. The van der Waals surface area contributed by atoms with Crippen LogP contribution in [-0.2, 0) is 14.3 Å². The van der Waals surface area contributed by atoms with Gasteiger partial charge in [0.2, 0.25) is 5.91 Å². The Bertz CT molecular complexity index is 1450. The predicted molar refractivity (Wildman–Crippen MR) is 341 cm³/mol. The molecular weight excluding hydrogens is 995 g/mol. The Morgan fingerprint density at radius 1 is 0.425 bits per heavy atom. The van der Waals surface area contributed by atoms with Crippen molar-refractivity contribution in [3.8, 4) is 0 Å². The Hall–Kier alpha value is -2.11. The molecule has 9 heteroatoms. The molecule has 1 saturated heterocycles. The van der Waals surface area contributed by atoms with Crippen molar-refractivity contribution in [1.82, 2.24) is 5.32 Å². The molecule has 468 valence electrons. The van der Waals surface area contributed by atoms with E-state index in [0.29, 0.717) is 6.42 Å². The van der Waals surface area contributed by atoms with Gasteiger partial charge in [-0.15, -0.1) is 0 Å². The Morgan fingerprint density at radius 3 is 1.12 bits per heavy atom. The fourth-order valence-corrected chi connectivity index (χ4v) is 10.9. The molecule has 0 saturated carbocycles. The molecule has 0 aromatic carbocycles. The molecule has 1 aliphatic heterocycles. The van der Waals surface area contributed by atoms with Crippen LogP contribution < -0.4 is 5.32 Å². The summed E-state index contributed by atoms with van der Waals surface area (Å²) in [7, 11) is 0. The first-order valence-corrected chi connectivity index (χ1v) is 34.5. The average Bonchev–Trinajstić information content (AvgIpc) is 3.46. The lowest BCUT2D eigenvalue weighted by molar-refractivity contribution is -0.302. The highest BCUT2D eigenvalue weighted by molar-refractivity contribution is 5.76. The van der Waals surface area contributed by atoms with Crippen molar-refractivity contribution >= 4 is 5.91 Å². The molecule has 1 rings (SSSR count). The lowest BCUT2D eigenvalue weighted by atomic mass is 9.99. The van der Waals surface area contributed by atoms with Crippen molar-refractivity contribution < 1.29 is 39.8 Å². The Balaban J connectivity index is 2.18. The molecule has 0 bridgehead atoms. The summed E-state index contributed by atoms with van der Waals surface area (Å²) in [5.74, 6) is -0.188. The van der Waals surface area contributed by atoms with E-state index >= 15 is 0 Å². The van der Waals surface area contributed by atoms with E-state index in [1.54, 1.807) is 6.08 Å². The summed E-state index contributed by atoms with van der Waals surface area (Å²) in [6.45, 7) is 3.79. The number of unbranched alkanes of at least 4 members (excludes halogenated alkanes) is 42. The molecule has 0 aromatic rings. The summed E-state index contributed by atoms with van der Waals surface area (Å²) >= 11 is 0. The fraction of sp³-hybridized carbons (Fsp3) is 0.845. The average molecular weight is 1130 g/mol. The van der Waals surface area contributed by atoms with Gasteiger partial charge < -0.3 is 40.3 Å². The molecule has 80 heavy (non-hydrogen) atoms. The molecule has 7 atom stereocenters. The van der Waals surface area contributed by atoms with E-state index in [1.807, 2.05) is 6.08 Å². The minimum Gasteiger partial charge on any atom is -0.394 e. The van der Waals surface area contributed by atoms with Crippen LogP contribution in [0.1, 0.15) is 328 Å². The number of allylic oxidation sites excluding steroid dienone is 9. The molecule has 0 spiro atoms. The maximum atomic E-state index is 13.1. The van der Waals surface area contributed by atoms with Gasteiger partial charge in [0.1, 0.15) is 24.4 Å². The Kier molecular flexibility index (Phi) is 57.0. The number of ether oxygens (including phenoxy) is 2. The van der Waals surface area contributed by atoms with Gasteiger partial charge in [-0.1, -0.05) is 306 Å². The van der Waals surface area contributed by atoms with Gasteiger partial charge >= 0.3 is 0 Å². The first-order valence-electron chi connectivity index (χ1n) is 34.5. The zero-order valence-corrected chi connectivity index (χ0v) is 52.3. The normalized spacial score (nSPS) is 18.8. The van der Waals surface area contributed by atoms with Gasteiger partial charge in [0.05, 0.1) is 25.4 Å². The van der Waals surface area contributed by atoms with Crippen molar-refractivity contribution in [1.29, 1.82) is 0 Å². The lowest BCUT2D eigenvalue weighted by Gasteiger charge is -2.40. The van der Waals surface area contributed by atoms with Crippen LogP contribution in [0.3, 0.4) is 0 Å². The summed E-state index contributed by atoms with van der Waals surface area (Å²) in [5, 5.41) is 54.7. The molecule has 6 N–H and O–H groups in total. The van der Waals surface area contributed by atoms with Crippen molar-refractivity contribution in [3.63, 3.8) is 0 Å². The van der Waals surface area contributed by atoms with Crippen LogP contribution in [0.5, 0.6) is 0 Å². The second kappa shape index (κ2) is 60.0.